The van der Waals surface area contributed by atoms with Crippen molar-refractivity contribution in [3.63, 3.8) is 0 Å². The van der Waals surface area contributed by atoms with Crippen molar-refractivity contribution >= 4 is 32.8 Å². The molecular formula is C8H5ClN2O3S. The van der Waals surface area contributed by atoms with E-state index in [9.17, 15) is 8.42 Å². The van der Waals surface area contributed by atoms with Crippen LogP contribution in [0.15, 0.2) is 29.3 Å². The van der Waals surface area contributed by atoms with Crippen molar-refractivity contribution in [1.82, 2.24) is 9.97 Å². The third-order valence-corrected chi connectivity index (χ3v) is 2.89. The molecule has 0 aliphatic heterocycles. The summed E-state index contributed by atoms with van der Waals surface area (Å²) in [5.74, 6) is 0. The van der Waals surface area contributed by atoms with E-state index in [1.54, 1.807) is 24.3 Å². The fourth-order valence-corrected chi connectivity index (χ4v) is 2.02. The lowest BCUT2D eigenvalue weighted by Crippen LogP contribution is -2.04. The third kappa shape index (κ3) is 1.92. The van der Waals surface area contributed by atoms with Crippen LogP contribution in [0.5, 0.6) is 0 Å². The summed E-state index contributed by atoms with van der Waals surface area (Å²) in [7, 11) is -4.43. The van der Waals surface area contributed by atoms with Gasteiger partial charge in [-0.2, -0.15) is 8.42 Å². The second kappa shape index (κ2) is 3.41. The van der Waals surface area contributed by atoms with Crippen LogP contribution >= 0.6 is 11.6 Å². The van der Waals surface area contributed by atoms with Crippen LogP contribution in [0.1, 0.15) is 0 Å². The summed E-state index contributed by atoms with van der Waals surface area (Å²) in [6, 6.07) is 6.62. The summed E-state index contributed by atoms with van der Waals surface area (Å²) in [5, 5.41) is -0.959. The van der Waals surface area contributed by atoms with Gasteiger partial charge in [0.2, 0.25) is 5.03 Å². The zero-order valence-electron chi connectivity index (χ0n) is 7.25. The van der Waals surface area contributed by atoms with E-state index in [4.69, 9.17) is 16.2 Å². The molecule has 1 N–H and O–H groups in total. The number of aromatic nitrogens is 2. The number of hydrogen-bond acceptors (Lipinski definition) is 4. The van der Waals surface area contributed by atoms with Crippen LogP contribution in [0.2, 0.25) is 5.15 Å². The van der Waals surface area contributed by atoms with E-state index >= 15 is 0 Å². The van der Waals surface area contributed by atoms with Crippen LogP contribution in [0.25, 0.3) is 11.0 Å². The standard InChI is InChI=1S/C8H5ClN2O3S/c9-7-8(15(12,13)14)11-6-4-2-1-3-5(6)10-7/h1-4H,(H,12,13,14). The van der Waals surface area contributed by atoms with Crippen molar-refractivity contribution in [3.8, 4) is 0 Å². The third-order valence-electron chi connectivity index (χ3n) is 1.74. The summed E-state index contributed by atoms with van der Waals surface area (Å²) >= 11 is 5.58. The van der Waals surface area contributed by atoms with E-state index < -0.39 is 15.1 Å². The van der Waals surface area contributed by atoms with Gasteiger partial charge >= 0.3 is 10.1 Å². The molecule has 0 spiro atoms. The van der Waals surface area contributed by atoms with Crippen LogP contribution in [0.4, 0.5) is 0 Å². The minimum atomic E-state index is -4.43. The first kappa shape index (κ1) is 10.3. The Morgan fingerprint density at radius 1 is 1.13 bits per heavy atom. The first-order valence-electron chi connectivity index (χ1n) is 3.88. The van der Waals surface area contributed by atoms with Crippen molar-refractivity contribution in [1.29, 1.82) is 0 Å². The molecule has 1 heterocycles. The van der Waals surface area contributed by atoms with Crippen LogP contribution in [-0.2, 0) is 10.1 Å². The second-order valence-electron chi connectivity index (χ2n) is 2.78. The fourth-order valence-electron chi connectivity index (χ4n) is 1.13. The molecule has 0 atom stereocenters. The van der Waals surface area contributed by atoms with Gasteiger partial charge in [-0.15, -0.1) is 0 Å². The molecule has 0 aliphatic rings. The Bertz CT molecular complexity index is 627. The molecule has 2 rings (SSSR count). The molecule has 2 aromatic rings. The van der Waals surface area contributed by atoms with Crippen molar-refractivity contribution in [2.24, 2.45) is 0 Å². The van der Waals surface area contributed by atoms with Gasteiger partial charge in [-0.25, -0.2) is 9.97 Å². The zero-order valence-corrected chi connectivity index (χ0v) is 8.83. The highest BCUT2D eigenvalue weighted by molar-refractivity contribution is 7.85. The lowest BCUT2D eigenvalue weighted by molar-refractivity contribution is 0.479. The molecule has 0 bridgehead atoms. The number of rotatable bonds is 1. The van der Waals surface area contributed by atoms with Crippen molar-refractivity contribution < 1.29 is 13.0 Å². The average molecular weight is 245 g/mol. The first-order valence-corrected chi connectivity index (χ1v) is 5.70. The summed E-state index contributed by atoms with van der Waals surface area (Å²) in [6.45, 7) is 0. The zero-order chi connectivity index (χ0) is 11.1. The Balaban J connectivity index is 2.84. The molecule has 7 heteroatoms. The molecule has 0 saturated heterocycles. The lowest BCUT2D eigenvalue weighted by atomic mass is 10.3. The van der Waals surface area contributed by atoms with Gasteiger partial charge in [0.1, 0.15) is 0 Å². The molecule has 0 saturated carbocycles. The van der Waals surface area contributed by atoms with Gasteiger partial charge in [0, 0.05) is 0 Å². The second-order valence-corrected chi connectivity index (χ2v) is 4.48. The van der Waals surface area contributed by atoms with E-state index in [-0.39, 0.29) is 5.15 Å². The summed E-state index contributed by atoms with van der Waals surface area (Å²) in [5.41, 5.74) is 0.824. The summed E-state index contributed by atoms with van der Waals surface area (Å²) in [6.07, 6.45) is 0. The number of fused-ring (bicyclic) bond motifs is 1. The fraction of sp³-hybridized carbons (Fsp3) is 0. The molecule has 0 fully saturated rings. The molecule has 78 valence electrons. The molecule has 0 radical (unpaired) electrons. The van der Waals surface area contributed by atoms with Gasteiger partial charge in [-0.05, 0) is 12.1 Å². The maximum Gasteiger partial charge on any atom is 0.315 e. The molecule has 0 unspecified atom stereocenters. The predicted octanol–water partition coefficient (Wildman–Crippen LogP) is 1.53. The molecule has 0 aliphatic carbocycles. The van der Waals surface area contributed by atoms with Crippen molar-refractivity contribution in [3.05, 3.63) is 29.4 Å². The molecule has 5 nitrogen and oxygen atoms in total. The quantitative estimate of drug-likeness (QED) is 0.770. The number of para-hydroxylation sites is 2. The normalized spacial score (nSPS) is 11.9. The minimum absolute atomic E-state index is 0.337. The van der Waals surface area contributed by atoms with Crippen molar-refractivity contribution in [2.75, 3.05) is 0 Å². The summed E-state index contributed by atoms with van der Waals surface area (Å²) < 4.78 is 30.5. The molecule has 15 heavy (non-hydrogen) atoms. The van der Waals surface area contributed by atoms with E-state index in [2.05, 4.69) is 9.97 Å². The van der Waals surface area contributed by atoms with E-state index in [1.807, 2.05) is 0 Å². The van der Waals surface area contributed by atoms with Gasteiger partial charge in [0.25, 0.3) is 0 Å². The van der Waals surface area contributed by atoms with Gasteiger partial charge in [0.15, 0.2) is 5.15 Å². The molecule has 1 aromatic heterocycles. The van der Waals surface area contributed by atoms with Crippen LogP contribution in [0.3, 0.4) is 0 Å². The smallest absolute Gasteiger partial charge is 0.281 e. The number of hydrogen-bond donors (Lipinski definition) is 1. The van der Waals surface area contributed by atoms with Gasteiger partial charge in [-0.3, -0.25) is 4.55 Å². The highest BCUT2D eigenvalue weighted by Gasteiger charge is 2.18. The SMILES string of the molecule is O=S(=O)(O)c1nc2ccccc2nc1Cl. The Kier molecular flexibility index (Phi) is 2.34. The lowest BCUT2D eigenvalue weighted by Gasteiger charge is -2.01. The first-order chi connectivity index (χ1) is 6.98. The number of halogens is 1. The van der Waals surface area contributed by atoms with Crippen LogP contribution in [-0.4, -0.2) is 22.9 Å². The average Bonchev–Trinajstić information content (AvgIpc) is 2.15. The highest BCUT2D eigenvalue weighted by Crippen LogP contribution is 2.20. The molecular weight excluding hydrogens is 240 g/mol. The van der Waals surface area contributed by atoms with Crippen LogP contribution < -0.4 is 0 Å². The Morgan fingerprint density at radius 2 is 1.67 bits per heavy atom. The monoisotopic (exact) mass is 244 g/mol. The van der Waals surface area contributed by atoms with Gasteiger partial charge < -0.3 is 0 Å². The Labute approximate surface area is 90.5 Å². The van der Waals surface area contributed by atoms with Crippen molar-refractivity contribution in [2.45, 2.75) is 5.03 Å². The largest absolute Gasteiger partial charge is 0.315 e. The highest BCUT2D eigenvalue weighted by atomic mass is 35.5. The van der Waals surface area contributed by atoms with Gasteiger partial charge in [0.05, 0.1) is 11.0 Å². The van der Waals surface area contributed by atoms with Gasteiger partial charge in [-0.1, -0.05) is 23.7 Å². The molecule has 1 aromatic carbocycles. The number of benzene rings is 1. The molecule has 0 amide bonds. The minimum Gasteiger partial charge on any atom is -0.281 e. The summed E-state index contributed by atoms with van der Waals surface area (Å²) in [4.78, 5) is 7.52. The Morgan fingerprint density at radius 3 is 2.20 bits per heavy atom. The van der Waals surface area contributed by atoms with E-state index in [0.717, 1.165) is 0 Å². The van der Waals surface area contributed by atoms with E-state index in [1.165, 1.54) is 0 Å². The maximum absolute atomic E-state index is 10.9. The number of nitrogens with zero attached hydrogens (tertiary/aromatic N) is 2. The maximum atomic E-state index is 10.9. The topological polar surface area (TPSA) is 80.2 Å². The van der Waals surface area contributed by atoms with E-state index in [0.29, 0.717) is 11.0 Å². The predicted molar refractivity (Wildman–Crippen MR) is 54.4 cm³/mol. The van der Waals surface area contributed by atoms with Crippen LogP contribution in [0, 0.1) is 0 Å². The Hall–Kier alpha value is -1.24.